The lowest BCUT2D eigenvalue weighted by Crippen LogP contribution is -1.83. The molecule has 2 nitrogen and oxygen atoms in total. The number of phenols is 1. The van der Waals surface area contributed by atoms with Crippen molar-refractivity contribution in [2.75, 3.05) is 0 Å². The van der Waals surface area contributed by atoms with E-state index in [0.29, 0.717) is 5.52 Å². The van der Waals surface area contributed by atoms with E-state index in [1.165, 1.54) is 0 Å². The number of pyridine rings is 1. The van der Waals surface area contributed by atoms with Crippen LogP contribution in [0.1, 0.15) is 5.56 Å². The number of aromatic nitrogens is 1. The summed E-state index contributed by atoms with van der Waals surface area (Å²) in [7, 11) is 0. The summed E-state index contributed by atoms with van der Waals surface area (Å²) in [6.07, 6.45) is 1.70. The normalized spacial score (nSPS) is 10.6. The topological polar surface area (TPSA) is 33.1 Å². The Bertz CT molecular complexity index is 468. The van der Waals surface area contributed by atoms with Crippen LogP contribution in [0.2, 0.25) is 0 Å². The molecule has 0 aliphatic carbocycles. The summed E-state index contributed by atoms with van der Waals surface area (Å²) < 4.78 is 0.869. The van der Waals surface area contributed by atoms with Gasteiger partial charge in [-0.15, -0.1) is 0 Å². The fourth-order valence-corrected chi connectivity index (χ4v) is 1.78. The molecule has 1 N–H and O–H groups in total. The van der Waals surface area contributed by atoms with E-state index in [2.05, 4.69) is 20.9 Å². The fraction of sp³-hybridized carbons (Fsp3) is 0.100. The van der Waals surface area contributed by atoms with Gasteiger partial charge in [-0.2, -0.15) is 0 Å². The maximum Gasteiger partial charge on any atom is 0.142 e. The lowest BCUT2D eigenvalue weighted by Gasteiger charge is -2.03. The minimum atomic E-state index is 0.216. The van der Waals surface area contributed by atoms with Gasteiger partial charge in [-0.3, -0.25) is 4.98 Å². The third-order valence-corrected chi connectivity index (χ3v) is 2.47. The van der Waals surface area contributed by atoms with Crippen LogP contribution in [0, 0.1) is 6.92 Å². The molecule has 0 aliphatic rings. The van der Waals surface area contributed by atoms with Crippen molar-refractivity contribution in [1.82, 2.24) is 4.98 Å². The Morgan fingerprint density at radius 1 is 1.38 bits per heavy atom. The minimum absolute atomic E-state index is 0.216. The highest BCUT2D eigenvalue weighted by atomic mass is 79.9. The Morgan fingerprint density at radius 2 is 2.15 bits per heavy atom. The van der Waals surface area contributed by atoms with Gasteiger partial charge in [0, 0.05) is 16.1 Å². The molecular weight excluding hydrogens is 230 g/mol. The van der Waals surface area contributed by atoms with Crippen LogP contribution < -0.4 is 0 Å². The lowest BCUT2D eigenvalue weighted by molar-refractivity contribution is 0.480. The van der Waals surface area contributed by atoms with Gasteiger partial charge in [0.1, 0.15) is 11.3 Å². The average molecular weight is 238 g/mol. The molecule has 2 rings (SSSR count). The SMILES string of the molecule is Cc1ccnc2c(O)cc(Br)cc12. The number of halogens is 1. The Morgan fingerprint density at radius 3 is 2.92 bits per heavy atom. The molecule has 1 aromatic heterocycles. The van der Waals surface area contributed by atoms with E-state index in [4.69, 9.17) is 0 Å². The van der Waals surface area contributed by atoms with Gasteiger partial charge in [0.25, 0.3) is 0 Å². The molecular formula is C10H8BrNO. The van der Waals surface area contributed by atoms with E-state index in [1.807, 2.05) is 19.1 Å². The average Bonchev–Trinajstić information content (AvgIpc) is 2.07. The summed E-state index contributed by atoms with van der Waals surface area (Å²) in [5.41, 5.74) is 1.77. The summed E-state index contributed by atoms with van der Waals surface area (Å²) in [4.78, 5) is 4.11. The standard InChI is InChI=1S/C10H8BrNO/c1-6-2-3-12-10-8(6)4-7(11)5-9(10)13/h2-5,13H,1H3. The van der Waals surface area contributed by atoms with E-state index < -0.39 is 0 Å². The van der Waals surface area contributed by atoms with Crippen molar-refractivity contribution in [3.05, 3.63) is 34.4 Å². The second-order valence-electron chi connectivity index (χ2n) is 2.95. The quantitative estimate of drug-likeness (QED) is 0.765. The largest absolute Gasteiger partial charge is 0.506 e. The van der Waals surface area contributed by atoms with Crippen molar-refractivity contribution in [1.29, 1.82) is 0 Å². The van der Waals surface area contributed by atoms with Crippen LogP contribution in [0.25, 0.3) is 10.9 Å². The zero-order valence-electron chi connectivity index (χ0n) is 7.08. The first-order valence-corrected chi connectivity index (χ1v) is 4.71. The van der Waals surface area contributed by atoms with Crippen LogP contribution in [0.15, 0.2) is 28.9 Å². The number of hydrogen-bond donors (Lipinski definition) is 1. The minimum Gasteiger partial charge on any atom is -0.506 e. The van der Waals surface area contributed by atoms with Gasteiger partial charge in [-0.05, 0) is 30.7 Å². The molecule has 1 heterocycles. The number of phenolic OH excluding ortho intramolecular Hbond substituents is 1. The van der Waals surface area contributed by atoms with Crippen molar-refractivity contribution < 1.29 is 5.11 Å². The zero-order valence-corrected chi connectivity index (χ0v) is 8.67. The van der Waals surface area contributed by atoms with Gasteiger partial charge >= 0.3 is 0 Å². The van der Waals surface area contributed by atoms with Crippen molar-refractivity contribution in [2.45, 2.75) is 6.92 Å². The molecule has 13 heavy (non-hydrogen) atoms. The Balaban J connectivity index is 2.94. The number of aryl methyl sites for hydroxylation is 1. The molecule has 0 spiro atoms. The fourth-order valence-electron chi connectivity index (χ4n) is 1.33. The van der Waals surface area contributed by atoms with Crippen LogP contribution in [0.3, 0.4) is 0 Å². The second-order valence-corrected chi connectivity index (χ2v) is 3.86. The molecule has 0 unspecified atom stereocenters. The first-order chi connectivity index (χ1) is 6.18. The highest BCUT2D eigenvalue weighted by molar-refractivity contribution is 9.10. The predicted octanol–water partition coefficient (Wildman–Crippen LogP) is 3.01. The van der Waals surface area contributed by atoms with E-state index in [1.54, 1.807) is 12.3 Å². The first-order valence-electron chi connectivity index (χ1n) is 3.92. The zero-order chi connectivity index (χ0) is 9.42. The van der Waals surface area contributed by atoms with Crippen molar-refractivity contribution in [3.8, 4) is 5.75 Å². The van der Waals surface area contributed by atoms with Gasteiger partial charge < -0.3 is 5.11 Å². The predicted molar refractivity (Wildman–Crippen MR) is 55.8 cm³/mol. The monoisotopic (exact) mass is 237 g/mol. The van der Waals surface area contributed by atoms with Crippen molar-refractivity contribution >= 4 is 26.8 Å². The molecule has 3 heteroatoms. The van der Waals surface area contributed by atoms with Gasteiger partial charge in [0.05, 0.1) is 0 Å². The first kappa shape index (κ1) is 8.51. The number of fused-ring (bicyclic) bond motifs is 1. The van der Waals surface area contributed by atoms with E-state index in [9.17, 15) is 5.11 Å². The van der Waals surface area contributed by atoms with Gasteiger partial charge in [0.2, 0.25) is 0 Å². The Hall–Kier alpha value is -1.09. The highest BCUT2D eigenvalue weighted by Crippen LogP contribution is 2.28. The molecule has 66 valence electrons. The van der Waals surface area contributed by atoms with Gasteiger partial charge in [0.15, 0.2) is 0 Å². The molecule has 0 bridgehead atoms. The van der Waals surface area contributed by atoms with E-state index in [-0.39, 0.29) is 5.75 Å². The van der Waals surface area contributed by atoms with E-state index in [0.717, 1.165) is 15.4 Å². The summed E-state index contributed by atoms with van der Waals surface area (Å²) in [5, 5.41) is 10.6. The molecule has 0 aliphatic heterocycles. The van der Waals surface area contributed by atoms with Crippen LogP contribution in [-0.4, -0.2) is 10.1 Å². The smallest absolute Gasteiger partial charge is 0.142 e. The molecule has 1 aromatic carbocycles. The second kappa shape index (κ2) is 3.00. The maximum absolute atomic E-state index is 9.58. The van der Waals surface area contributed by atoms with Crippen molar-refractivity contribution in [2.24, 2.45) is 0 Å². The molecule has 0 fully saturated rings. The van der Waals surface area contributed by atoms with Crippen molar-refractivity contribution in [3.63, 3.8) is 0 Å². The molecule has 0 amide bonds. The summed E-state index contributed by atoms with van der Waals surface area (Å²) in [6, 6.07) is 5.53. The molecule has 0 saturated heterocycles. The highest BCUT2D eigenvalue weighted by Gasteiger charge is 2.04. The molecule has 0 atom stereocenters. The van der Waals surface area contributed by atoms with Crippen LogP contribution in [0.4, 0.5) is 0 Å². The summed E-state index contributed by atoms with van der Waals surface area (Å²) in [5.74, 6) is 0.216. The van der Waals surface area contributed by atoms with Gasteiger partial charge in [-0.1, -0.05) is 15.9 Å². The molecule has 0 radical (unpaired) electrons. The van der Waals surface area contributed by atoms with Crippen LogP contribution >= 0.6 is 15.9 Å². The Kier molecular flexibility index (Phi) is 1.96. The number of benzene rings is 1. The number of hydrogen-bond acceptors (Lipinski definition) is 2. The summed E-state index contributed by atoms with van der Waals surface area (Å²) in [6.45, 7) is 2.00. The third-order valence-electron chi connectivity index (χ3n) is 2.01. The maximum atomic E-state index is 9.58. The lowest BCUT2D eigenvalue weighted by atomic mass is 10.1. The van der Waals surface area contributed by atoms with Crippen LogP contribution in [0.5, 0.6) is 5.75 Å². The Labute approximate surface area is 84.4 Å². The van der Waals surface area contributed by atoms with Gasteiger partial charge in [-0.25, -0.2) is 0 Å². The number of rotatable bonds is 0. The molecule has 2 aromatic rings. The van der Waals surface area contributed by atoms with Crippen LogP contribution in [-0.2, 0) is 0 Å². The number of aromatic hydroxyl groups is 1. The summed E-state index contributed by atoms with van der Waals surface area (Å²) >= 11 is 3.33. The number of nitrogens with zero attached hydrogens (tertiary/aromatic N) is 1. The molecule has 0 saturated carbocycles. The van der Waals surface area contributed by atoms with E-state index >= 15 is 0 Å². The third kappa shape index (κ3) is 1.40.